The van der Waals surface area contributed by atoms with Crippen molar-refractivity contribution in [2.24, 2.45) is 10.8 Å². The molecular weight excluding hydrogens is 468 g/mol. The Labute approximate surface area is 206 Å². The molecule has 0 spiro atoms. The minimum Gasteiger partial charge on any atom is -0.497 e. The minimum atomic E-state index is -1.20. The average Bonchev–Trinajstić information content (AvgIpc) is 3.43. The number of nitrogens with zero attached hydrogens (tertiary/aromatic N) is 8. The number of aliphatic hydroxyl groups is 1. The van der Waals surface area contributed by atoms with Gasteiger partial charge in [0, 0.05) is 19.0 Å². The summed E-state index contributed by atoms with van der Waals surface area (Å²) >= 11 is 0. The largest absolute Gasteiger partial charge is 0.497 e. The van der Waals surface area contributed by atoms with Gasteiger partial charge in [-0.25, -0.2) is 15.0 Å². The summed E-state index contributed by atoms with van der Waals surface area (Å²) in [5, 5.41) is 17.5. The molecule has 2 aromatic heterocycles. The zero-order chi connectivity index (χ0) is 25.8. The molecule has 5 atom stereocenters. The van der Waals surface area contributed by atoms with Gasteiger partial charge in [-0.1, -0.05) is 17.2 Å². The van der Waals surface area contributed by atoms with Crippen LogP contribution in [0.5, 0.6) is 5.75 Å². The highest BCUT2D eigenvalue weighted by Gasteiger charge is 2.46. The van der Waals surface area contributed by atoms with E-state index >= 15 is 0 Å². The molecule has 0 unspecified atom stereocenters. The lowest BCUT2D eigenvalue weighted by Crippen LogP contribution is -2.53. The molecule has 3 aromatic rings. The monoisotopic (exact) mass is 496 g/mol. The van der Waals surface area contributed by atoms with Crippen LogP contribution < -0.4 is 20.7 Å². The number of benzene rings is 1. The van der Waals surface area contributed by atoms with Crippen molar-refractivity contribution in [2.45, 2.75) is 36.9 Å². The van der Waals surface area contributed by atoms with E-state index in [1.165, 1.54) is 12.7 Å². The second-order valence-electron chi connectivity index (χ2n) is 8.58. The van der Waals surface area contributed by atoms with Gasteiger partial charge < -0.3 is 30.5 Å². The van der Waals surface area contributed by atoms with Crippen LogP contribution in [0.25, 0.3) is 21.6 Å². The number of nitrogens with one attached hydrogen (secondary N) is 1. The Morgan fingerprint density at radius 3 is 2.78 bits per heavy atom. The first-order valence-corrected chi connectivity index (χ1v) is 11.2. The minimum absolute atomic E-state index is 0.104. The number of rotatable bonds is 9. The summed E-state index contributed by atoms with van der Waals surface area (Å²) in [7, 11) is 5.24. The van der Waals surface area contributed by atoms with Gasteiger partial charge in [-0.3, -0.25) is 9.36 Å². The SMILES string of the molecule is COc1ccc(C[C@@H](N)C(=O)N[C@H]2[C@@H](O)[C@H](n3cnc4c(N(C)C)ncnc43)O[C@@H]2CN=[N+]=[N-])cc1. The molecule has 4 rings (SSSR count). The van der Waals surface area contributed by atoms with Crippen molar-refractivity contribution in [1.29, 1.82) is 0 Å². The molecule has 190 valence electrons. The molecule has 14 heteroatoms. The van der Waals surface area contributed by atoms with E-state index in [1.807, 2.05) is 26.2 Å². The zero-order valence-electron chi connectivity index (χ0n) is 20.1. The van der Waals surface area contributed by atoms with Crippen molar-refractivity contribution in [3.05, 3.63) is 52.9 Å². The first kappa shape index (κ1) is 25.1. The highest BCUT2D eigenvalue weighted by molar-refractivity contribution is 5.83. The Balaban J connectivity index is 1.54. The van der Waals surface area contributed by atoms with Crippen LogP contribution in [0.15, 0.2) is 42.0 Å². The second-order valence-corrected chi connectivity index (χ2v) is 8.58. The van der Waals surface area contributed by atoms with Crippen molar-refractivity contribution in [3.8, 4) is 5.75 Å². The van der Waals surface area contributed by atoms with Crippen LogP contribution in [0.2, 0.25) is 0 Å². The van der Waals surface area contributed by atoms with Crippen molar-refractivity contribution < 1.29 is 19.4 Å². The zero-order valence-corrected chi connectivity index (χ0v) is 20.1. The van der Waals surface area contributed by atoms with Gasteiger partial charge in [-0.15, -0.1) is 0 Å². The lowest BCUT2D eigenvalue weighted by molar-refractivity contribution is -0.124. The van der Waals surface area contributed by atoms with Crippen LogP contribution in [0, 0.1) is 0 Å². The van der Waals surface area contributed by atoms with Gasteiger partial charge in [0.25, 0.3) is 0 Å². The number of carbonyl (C=O) groups excluding carboxylic acids is 1. The second kappa shape index (κ2) is 10.7. The molecule has 0 bridgehead atoms. The quantitative estimate of drug-likeness (QED) is 0.215. The van der Waals surface area contributed by atoms with E-state index in [2.05, 4.69) is 30.3 Å². The third kappa shape index (κ3) is 5.02. The van der Waals surface area contributed by atoms with Gasteiger partial charge in [0.15, 0.2) is 23.2 Å². The van der Waals surface area contributed by atoms with Crippen LogP contribution in [0.1, 0.15) is 11.8 Å². The van der Waals surface area contributed by atoms with E-state index in [-0.39, 0.29) is 13.0 Å². The molecule has 1 aliphatic heterocycles. The molecule has 0 radical (unpaired) electrons. The predicted octanol–water partition coefficient (Wildman–Crippen LogP) is 0.524. The summed E-state index contributed by atoms with van der Waals surface area (Å²) in [5.74, 6) is 0.828. The molecule has 14 nitrogen and oxygen atoms in total. The van der Waals surface area contributed by atoms with Gasteiger partial charge in [-0.05, 0) is 29.6 Å². The number of amides is 1. The summed E-state index contributed by atoms with van der Waals surface area (Å²) in [6, 6.07) is 5.46. The number of aromatic nitrogens is 4. The summed E-state index contributed by atoms with van der Waals surface area (Å²) in [6.45, 7) is -0.104. The van der Waals surface area contributed by atoms with E-state index in [4.69, 9.17) is 20.7 Å². The Hall–Kier alpha value is -3.97. The number of anilines is 1. The molecule has 3 heterocycles. The van der Waals surface area contributed by atoms with Crippen LogP contribution in [0.3, 0.4) is 0 Å². The van der Waals surface area contributed by atoms with Crippen molar-refractivity contribution in [2.75, 3.05) is 32.6 Å². The third-order valence-corrected chi connectivity index (χ3v) is 6.00. The first-order chi connectivity index (χ1) is 17.3. The van der Waals surface area contributed by atoms with Crippen LogP contribution >= 0.6 is 0 Å². The van der Waals surface area contributed by atoms with E-state index in [9.17, 15) is 9.90 Å². The molecule has 4 N–H and O–H groups in total. The normalized spacial score (nSPS) is 22.1. The highest BCUT2D eigenvalue weighted by atomic mass is 16.5. The molecular formula is C22H28N10O4. The highest BCUT2D eigenvalue weighted by Crippen LogP contribution is 2.33. The summed E-state index contributed by atoms with van der Waals surface area (Å²) < 4.78 is 12.7. The smallest absolute Gasteiger partial charge is 0.237 e. The van der Waals surface area contributed by atoms with Crippen molar-refractivity contribution in [3.63, 3.8) is 0 Å². The molecule has 1 aliphatic rings. The molecule has 1 fully saturated rings. The number of azide groups is 1. The van der Waals surface area contributed by atoms with Crippen LogP contribution in [0.4, 0.5) is 5.82 Å². The topological polar surface area (TPSA) is 189 Å². The molecule has 1 saturated heterocycles. The Bertz CT molecular complexity index is 1260. The Morgan fingerprint density at radius 1 is 1.36 bits per heavy atom. The lowest BCUT2D eigenvalue weighted by atomic mass is 10.0. The van der Waals surface area contributed by atoms with Crippen molar-refractivity contribution >= 4 is 22.9 Å². The Morgan fingerprint density at radius 2 is 2.11 bits per heavy atom. The fourth-order valence-corrected chi connectivity index (χ4v) is 4.16. The molecule has 1 amide bonds. The fraction of sp³-hybridized carbons (Fsp3) is 0.455. The van der Waals surface area contributed by atoms with Crippen LogP contribution in [-0.2, 0) is 16.0 Å². The van der Waals surface area contributed by atoms with E-state index in [0.717, 1.165) is 5.56 Å². The number of carbonyl (C=O) groups is 1. The summed E-state index contributed by atoms with van der Waals surface area (Å²) in [4.78, 5) is 30.4. The van der Waals surface area contributed by atoms with Gasteiger partial charge >= 0.3 is 0 Å². The maximum atomic E-state index is 12.9. The molecule has 0 aliphatic carbocycles. The third-order valence-electron chi connectivity index (χ3n) is 6.00. The standard InChI is InChI=1S/C22H28N10O4/c1-31(2)19-17-20(26-10-25-19)32(11-27-17)22-18(33)16(15(36-22)9-28-30-24)29-21(34)14(23)8-12-4-6-13(35-3)7-5-12/h4-7,10-11,14-16,18,22,33H,8-9,23H2,1-3H3,(H,29,34)/t14-,15-,16-,18-,22-/m1/s1. The van der Waals surface area contributed by atoms with Gasteiger partial charge in [-0.2, -0.15) is 0 Å². The number of imidazole rings is 1. The van der Waals surface area contributed by atoms with E-state index in [1.54, 1.807) is 28.7 Å². The van der Waals surface area contributed by atoms with Gasteiger partial charge in [0.2, 0.25) is 5.91 Å². The number of nitrogens with two attached hydrogens (primary N) is 1. The Kier molecular flexibility index (Phi) is 7.50. The number of fused-ring (bicyclic) bond motifs is 1. The summed E-state index contributed by atoms with van der Waals surface area (Å²) in [5.41, 5.74) is 16.8. The summed E-state index contributed by atoms with van der Waals surface area (Å²) in [6.07, 6.45) is 0.223. The molecule has 1 aromatic carbocycles. The van der Waals surface area contributed by atoms with Gasteiger partial charge in [0.05, 0.1) is 38.2 Å². The van der Waals surface area contributed by atoms with Gasteiger partial charge in [0.1, 0.15) is 18.2 Å². The number of hydrogen-bond acceptors (Lipinski definition) is 10. The maximum Gasteiger partial charge on any atom is 0.237 e. The predicted molar refractivity (Wildman–Crippen MR) is 130 cm³/mol. The number of aliphatic hydroxyl groups excluding tert-OH is 1. The van der Waals surface area contributed by atoms with E-state index in [0.29, 0.717) is 22.7 Å². The maximum absolute atomic E-state index is 12.9. The first-order valence-electron chi connectivity index (χ1n) is 11.2. The van der Waals surface area contributed by atoms with Crippen LogP contribution in [-0.4, -0.2) is 82.6 Å². The van der Waals surface area contributed by atoms with Crippen molar-refractivity contribution in [1.82, 2.24) is 24.8 Å². The molecule has 0 saturated carbocycles. The van der Waals surface area contributed by atoms with E-state index < -0.39 is 36.4 Å². The number of hydrogen-bond donors (Lipinski definition) is 3. The average molecular weight is 497 g/mol. The molecule has 36 heavy (non-hydrogen) atoms. The number of methoxy groups -OCH3 is 1. The fourth-order valence-electron chi connectivity index (χ4n) is 4.16. The number of ether oxygens (including phenoxy) is 2. The lowest BCUT2D eigenvalue weighted by Gasteiger charge is -2.23.